The van der Waals surface area contributed by atoms with Crippen LogP contribution in [0, 0.1) is 0 Å². The highest BCUT2D eigenvalue weighted by Gasteiger charge is 2.30. The summed E-state index contributed by atoms with van der Waals surface area (Å²) in [4.78, 5) is 27.3. The molecule has 0 radical (unpaired) electrons. The van der Waals surface area contributed by atoms with Crippen molar-refractivity contribution in [1.29, 1.82) is 0 Å². The number of likely N-dealkylation sites (tertiary alicyclic amines) is 1. The standard InChI is InChI=1S/C29H31ClN2O6S/c30-24-15-13-23(14-16-24)20-37-27-12-5-4-11-26(27)28(33)31-39(35,36)19-17-25-10-6-7-18-32(25)29(34)38-21-22-8-2-1-3-9-22/h1-5,8-9,11-16,25H,6-7,10,17-21H2,(H,31,33)/t25-/m0/s1. The fourth-order valence-corrected chi connectivity index (χ4v) is 5.61. The minimum Gasteiger partial charge on any atom is -0.488 e. The van der Waals surface area contributed by atoms with Crippen molar-refractivity contribution < 1.29 is 27.5 Å². The Kier molecular flexibility index (Phi) is 9.84. The Morgan fingerprint density at radius 1 is 0.897 bits per heavy atom. The predicted molar refractivity (Wildman–Crippen MR) is 149 cm³/mol. The zero-order chi connectivity index (χ0) is 27.7. The third kappa shape index (κ3) is 8.46. The smallest absolute Gasteiger partial charge is 0.410 e. The lowest BCUT2D eigenvalue weighted by molar-refractivity contribution is 0.0672. The summed E-state index contributed by atoms with van der Waals surface area (Å²) in [7, 11) is -3.97. The maximum absolute atomic E-state index is 12.9. The molecule has 39 heavy (non-hydrogen) atoms. The molecule has 1 fully saturated rings. The van der Waals surface area contributed by atoms with Gasteiger partial charge in [-0.05, 0) is 61.1 Å². The molecule has 1 saturated heterocycles. The Hall–Kier alpha value is -3.56. The number of piperidine rings is 1. The van der Waals surface area contributed by atoms with Crippen LogP contribution < -0.4 is 9.46 Å². The highest BCUT2D eigenvalue weighted by molar-refractivity contribution is 7.90. The summed E-state index contributed by atoms with van der Waals surface area (Å²) in [5.74, 6) is -0.816. The van der Waals surface area contributed by atoms with Crippen LogP contribution in [0.4, 0.5) is 4.79 Å². The van der Waals surface area contributed by atoms with Gasteiger partial charge >= 0.3 is 6.09 Å². The molecule has 1 atom stereocenters. The zero-order valence-corrected chi connectivity index (χ0v) is 23.0. The number of nitrogens with zero attached hydrogens (tertiary/aromatic N) is 1. The predicted octanol–water partition coefficient (Wildman–Crippen LogP) is 5.56. The second-order valence-corrected chi connectivity index (χ2v) is 11.6. The van der Waals surface area contributed by atoms with Crippen molar-refractivity contribution in [2.24, 2.45) is 0 Å². The molecule has 1 N–H and O–H groups in total. The molecule has 3 aromatic carbocycles. The molecular weight excluding hydrogens is 540 g/mol. The number of amides is 2. The molecule has 2 amide bonds. The van der Waals surface area contributed by atoms with Crippen LogP contribution in [0.2, 0.25) is 5.02 Å². The number of nitrogens with one attached hydrogen (secondary N) is 1. The maximum atomic E-state index is 12.9. The molecule has 0 saturated carbocycles. The minimum absolute atomic E-state index is 0.110. The van der Waals surface area contributed by atoms with Crippen LogP contribution in [0.15, 0.2) is 78.9 Å². The zero-order valence-electron chi connectivity index (χ0n) is 21.4. The Labute approximate surface area is 233 Å². The molecule has 0 bridgehead atoms. The highest BCUT2D eigenvalue weighted by Crippen LogP contribution is 2.23. The first-order valence-electron chi connectivity index (χ1n) is 12.8. The summed E-state index contributed by atoms with van der Waals surface area (Å²) in [6.45, 7) is 0.839. The summed E-state index contributed by atoms with van der Waals surface area (Å²) in [6.07, 6.45) is 2.12. The number of hydrogen-bond acceptors (Lipinski definition) is 6. The monoisotopic (exact) mass is 570 g/mol. The molecule has 0 unspecified atom stereocenters. The van der Waals surface area contributed by atoms with Gasteiger partial charge in [-0.1, -0.05) is 66.2 Å². The van der Waals surface area contributed by atoms with Gasteiger partial charge in [0.1, 0.15) is 19.0 Å². The van der Waals surface area contributed by atoms with Crippen molar-refractivity contribution in [3.63, 3.8) is 0 Å². The fraction of sp³-hybridized carbons (Fsp3) is 0.310. The summed E-state index contributed by atoms with van der Waals surface area (Å²) in [5, 5.41) is 0.601. The molecule has 0 aromatic heterocycles. The minimum atomic E-state index is -3.97. The van der Waals surface area contributed by atoms with Gasteiger partial charge in [0.15, 0.2) is 0 Å². The normalized spacial score (nSPS) is 15.4. The second-order valence-electron chi connectivity index (χ2n) is 9.33. The van der Waals surface area contributed by atoms with E-state index in [4.69, 9.17) is 21.1 Å². The number of rotatable bonds is 10. The molecule has 1 aliphatic rings. The van der Waals surface area contributed by atoms with Gasteiger partial charge in [0.25, 0.3) is 5.91 Å². The van der Waals surface area contributed by atoms with Crippen molar-refractivity contribution in [3.05, 3.63) is 101 Å². The number of para-hydroxylation sites is 1. The maximum Gasteiger partial charge on any atom is 0.410 e. The molecule has 0 aliphatic carbocycles. The molecule has 1 aliphatic heterocycles. The number of benzene rings is 3. The van der Waals surface area contributed by atoms with Gasteiger partial charge < -0.3 is 14.4 Å². The largest absolute Gasteiger partial charge is 0.488 e. The van der Waals surface area contributed by atoms with Gasteiger partial charge in [0, 0.05) is 17.6 Å². The van der Waals surface area contributed by atoms with E-state index in [2.05, 4.69) is 4.72 Å². The third-order valence-corrected chi connectivity index (χ3v) is 8.00. The first-order chi connectivity index (χ1) is 18.8. The van der Waals surface area contributed by atoms with E-state index in [0.717, 1.165) is 24.0 Å². The summed E-state index contributed by atoms with van der Waals surface area (Å²) in [6, 6.07) is 22.6. The molecule has 0 spiro atoms. The van der Waals surface area contributed by atoms with E-state index in [1.165, 1.54) is 6.07 Å². The van der Waals surface area contributed by atoms with Crippen LogP contribution >= 0.6 is 11.6 Å². The lowest BCUT2D eigenvalue weighted by atomic mass is 10.0. The number of sulfonamides is 1. The van der Waals surface area contributed by atoms with Crippen molar-refractivity contribution in [1.82, 2.24) is 9.62 Å². The van der Waals surface area contributed by atoms with E-state index in [-0.39, 0.29) is 42.7 Å². The van der Waals surface area contributed by atoms with Gasteiger partial charge in [0.2, 0.25) is 10.0 Å². The van der Waals surface area contributed by atoms with E-state index in [1.54, 1.807) is 35.2 Å². The third-order valence-electron chi connectivity index (χ3n) is 6.47. The second kappa shape index (κ2) is 13.5. The van der Waals surface area contributed by atoms with Gasteiger partial charge in [-0.25, -0.2) is 17.9 Å². The Morgan fingerprint density at radius 2 is 1.59 bits per heavy atom. The summed E-state index contributed by atoms with van der Waals surface area (Å²) < 4.78 is 39.1. The summed E-state index contributed by atoms with van der Waals surface area (Å²) in [5.41, 5.74) is 1.84. The SMILES string of the molecule is O=C(NS(=O)(=O)CC[C@@H]1CCCCN1C(=O)OCc1ccccc1)c1ccccc1OCc1ccc(Cl)cc1. The van der Waals surface area contributed by atoms with Crippen LogP contribution in [-0.2, 0) is 28.0 Å². The van der Waals surface area contributed by atoms with Crippen molar-refractivity contribution >= 4 is 33.6 Å². The van der Waals surface area contributed by atoms with Crippen molar-refractivity contribution in [2.45, 2.75) is 44.9 Å². The number of ether oxygens (including phenoxy) is 2. The highest BCUT2D eigenvalue weighted by atomic mass is 35.5. The number of carbonyl (C=O) groups is 2. The van der Waals surface area contributed by atoms with Crippen molar-refractivity contribution in [2.75, 3.05) is 12.3 Å². The van der Waals surface area contributed by atoms with Gasteiger partial charge in [-0.3, -0.25) is 4.79 Å². The van der Waals surface area contributed by atoms with Crippen LogP contribution in [0.5, 0.6) is 5.75 Å². The van der Waals surface area contributed by atoms with Crippen LogP contribution in [0.3, 0.4) is 0 Å². The lowest BCUT2D eigenvalue weighted by Gasteiger charge is -2.34. The van der Waals surface area contributed by atoms with E-state index in [0.29, 0.717) is 18.0 Å². The van der Waals surface area contributed by atoms with Crippen LogP contribution in [-0.4, -0.2) is 43.7 Å². The number of halogens is 1. The lowest BCUT2D eigenvalue weighted by Crippen LogP contribution is -2.45. The summed E-state index contributed by atoms with van der Waals surface area (Å²) >= 11 is 5.92. The Morgan fingerprint density at radius 3 is 2.36 bits per heavy atom. The van der Waals surface area contributed by atoms with E-state index < -0.39 is 22.0 Å². The molecular formula is C29H31ClN2O6S. The van der Waals surface area contributed by atoms with Crippen LogP contribution in [0.1, 0.15) is 47.2 Å². The molecule has 10 heteroatoms. The fourth-order valence-electron chi connectivity index (χ4n) is 4.40. The number of carbonyl (C=O) groups excluding carboxylic acids is 2. The molecule has 8 nitrogen and oxygen atoms in total. The molecule has 4 rings (SSSR count). The average molecular weight is 571 g/mol. The molecule has 3 aromatic rings. The number of hydrogen-bond donors (Lipinski definition) is 1. The topological polar surface area (TPSA) is 102 Å². The first kappa shape index (κ1) is 28.4. The first-order valence-corrected chi connectivity index (χ1v) is 14.8. The van der Waals surface area contributed by atoms with Gasteiger partial charge in [-0.2, -0.15) is 0 Å². The van der Waals surface area contributed by atoms with E-state index in [1.807, 2.05) is 42.5 Å². The van der Waals surface area contributed by atoms with Gasteiger partial charge in [-0.15, -0.1) is 0 Å². The van der Waals surface area contributed by atoms with E-state index >= 15 is 0 Å². The molecule has 1 heterocycles. The van der Waals surface area contributed by atoms with E-state index in [9.17, 15) is 18.0 Å². The molecule has 206 valence electrons. The average Bonchev–Trinajstić information content (AvgIpc) is 2.95. The quantitative estimate of drug-likeness (QED) is 0.342. The Bertz CT molecular complexity index is 1370. The van der Waals surface area contributed by atoms with Crippen LogP contribution in [0.25, 0.3) is 0 Å². The van der Waals surface area contributed by atoms with Crippen molar-refractivity contribution in [3.8, 4) is 5.75 Å². The van der Waals surface area contributed by atoms with Gasteiger partial charge in [0.05, 0.1) is 11.3 Å². The Balaban J connectivity index is 1.32.